The molecule has 2 saturated carbocycles. The lowest BCUT2D eigenvalue weighted by atomic mass is 9.65. The predicted molar refractivity (Wildman–Crippen MR) is 220 cm³/mol. The van der Waals surface area contributed by atoms with E-state index in [-0.39, 0.29) is 23.7 Å². The fourth-order valence-electron chi connectivity index (χ4n) is 8.47. The number of benzene rings is 1. The van der Waals surface area contributed by atoms with E-state index in [2.05, 4.69) is 94.0 Å². The SMILES string of the molecule is C=C=C(CC(C)CC)C1CC(C(=C=C)[C@@H](CC(=O)/C=C\CC(CC)CC)C2CCCCC2)C[C@H](NS(C)(O)c2ccc(CCOCC=C)cc2)C1. The first-order chi connectivity index (χ1) is 24.6. The summed E-state index contributed by atoms with van der Waals surface area (Å²) in [7, 11) is -2.28. The fraction of sp³-hybridized carbons (Fsp3) is 0.630. The molecule has 0 amide bonds. The molecular weight excluding hydrogens is 647 g/mol. The Kier molecular flexibility index (Phi) is 19.1. The molecule has 2 fully saturated rings. The summed E-state index contributed by atoms with van der Waals surface area (Å²) in [5.74, 6) is 2.58. The monoisotopic (exact) mass is 718 g/mol. The van der Waals surface area contributed by atoms with E-state index in [9.17, 15) is 9.35 Å². The van der Waals surface area contributed by atoms with Crippen molar-refractivity contribution >= 4 is 16.3 Å². The van der Waals surface area contributed by atoms with Crippen LogP contribution in [0.5, 0.6) is 0 Å². The Hall–Kier alpha value is -2.36. The summed E-state index contributed by atoms with van der Waals surface area (Å²) in [5.41, 5.74) is 10.6. The Morgan fingerprint density at radius 3 is 2.29 bits per heavy atom. The molecule has 2 aliphatic rings. The van der Waals surface area contributed by atoms with Crippen LogP contribution in [0, 0.1) is 35.5 Å². The molecule has 4 nitrogen and oxygen atoms in total. The molecule has 284 valence electrons. The zero-order valence-electron chi connectivity index (χ0n) is 32.9. The molecule has 51 heavy (non-hydrogen) atoms. The van der Waals surface area contributed by atoms with Gasteiger partial charge in [0, 0.05) is 23.6 Å². The van der Waals surface area contributed by atoms with Gasteiger partial charge in [0.15, 0.2) is 5.78 Å². The van der Waals surface area contributed by atoms with Gasteiger partial charge in [-0.25, -0.2) is 0 Å². The van der Waals surface area contributed by atoms with Gasteiger partial charge in [0.25, 0.3) is 0 Å². The molecule has 2 N–H and O–H groups in total. The average Bonchev–Trinajstić information content (AvgIpc) is 3.14. The standard InChI is InChI=1S/C46H71NO3S/c1-9-28-50-29-27-37-23-25-44(26-24-37)51(8,49)47-42-32-40(38(13-5)30-35(7)10-2)31-41(33-42)45(14-6)46(39-20-16-15-17-21-39)34-43(48)22-18-19-36(11-3)12-4/h9,18,22-26,35-36,39-42,46-47,49H,1,5-6,10-12,15-17,19-21,27-34H2,2-4,7-8H3/b22-18-/t35?,40?,41?,42-,46+/m1/s1. The summed E-state index contributed by atoms with van der Waals surface area (Å²) in [4.78, 5) is 14.6. The van der Waals surface area contributed by atoms with Crippen LogP contribution in [-0.4, -0.2) is 35.8 Å². The van der Waals surface area contributed by atoms with Crippen LogP contribution in [-0.2, 0) is 16.0 Å². The van der Waals surface area contributed by atoms with Crippen LogP contribution in [0.1, 0.15) is 123 Å². The van der Waals surface area contributed by atoms with Gasteiger partial charge >= 0.3 is 0 Å². The summed E-state index contributed by atoms with van der Waals surface area (Å²) in [6.07, 6.45) is 23.3. The summed E-state index contributed by atoms with van der Waals surface area (Å²) >= 11 is 0. The molecule has 0 radical (unpaired) electrons. The van der Waals surface area contributed by atoms with Gasteiger partial charge in [-0.15, -0.1) is 18.0 Å². The average molecular weight is 718 g/mol. The highest BCUT2D eigenvalue weighted by atomic mass is 32.3. The van der Waals surface area contributed by atoms with E-state index < -0.39 is 10.5 Å². The minimum absolute atomic E-state index is 0.0944. The van der Waals surface area contributed by atoms with Crippen molar-refractivity contribution < 1.29 is 14.1 Å². The summed E-state index contributed by atoms with van der Waals surface area (Å²) in [5, 5.41) is 0. The van der Waals surface area contributed by atoms with Crippen molar-refractivity contribution in [1.29, 1.82) is 0 Å². The van der Waals surface area contributed by atoms with Crippen molar-refractivity contribution in [2.45, 2.75) is 135 Å². The second kappa shape index (κ2) is 22.7. The van der Waals surface area contributed by atoms with Crippen LogP contribution in [0.2, 0.25) is 0 Å². The van der Waals surface area contributed by atoms with E-state index in [4.69, 9.17) is 4.74 Å². The quantitative estimate of drug-likeness (QED) is 0.0543. The lowest BCUT2D eigenvalue weighted by Gasteiger charge is -2.44. The number of allylic oxidation sites excluding steroid dienone is 4. The molecular formula is C46H71NO3S. The highest BCUT2D eigenvalue weighted by molar-refractivity contribution is 8.27. The van der Waals surface area contributed by atoms with E-state index in [0.29, 0.717) is 43.3 Å². The molecule has 0 heterocycles. The van der Waals surface area contributed by atoms with Crippen LogP contribution < -0.4 is 4.72 Å². The van der Waals surface area contributed by atoms with Crippen LogP contribution >= 0.6 is 10.5 Å². The van der Waals surface area contributed by atoms with Crippen LogP contribution in [0.3, 0.4) is 0 Å². The highest BCUT2D eigenvalue weighted by Crippen LogP contribution is 2.50. The molecule has 0 aromatic heterocycles. The number of nitrogens with one attached hydrogen (secondary N) is 1. The van der Waals surface area contributed by atoms with Crippen molar-refractivity contribution in [1.82, 2.24) is 4.72 Å². The normalized spacial score (nSPS) is 22.8. The van der Waals surface area contributed by atoms with Crippen LogP contribution in [0.15, 0.2) is 89.7 Å². The highest BCUT2D eigenvalue weighted by Gasteiger charge is 2.39. The Morgan fingerprint density at radius 1 is 1.00 bits per heavy atom. The molecule has 0 aliphatic heterocycles. The fourth-order valence-corrected chi connectivity index (χ4v) is 10.1. The molecule has 6 atom stereocenters. The van der Waals surface area contributed by atoms with E-state index in [1.54, 1.807) is 6.08 Å². The van der Waals surface area contributed by atoms with E-state index >= 15 is 0 Å². The summed E-state index contributed by atoms with van der Waals surface area (Å²) in [6.45, 7) is 22.4. The number of carbonyl (C=O) groups excluding carboxylic acids is 1. The molecule has 5 heteroatoms. The Labute approximate surface area is 314 Å². The van der Waals surface area contributed by atoms with Gasteiger partial charge in [0.2, 0.25) is 0 Å². The van der Waals surface area contributed by atoms with E-state index in [1.165, 1.54) is 48.8 Å². The second-order valence-electron chi connectivity index (χ2n) is 15.6. The maximum atomic E-state index is 13.6. The molecule has 1 aromatic carbocycles. The third kappa shape index (κ3) is 13.9. The number of rotatable bonds is 22. The van der Waals surface area contributed by atoms with Crippen molar-refractivity contribution in [3.05, 3.63) is 90.4 Å². The molecule has 3 rings (SSSR count). The predicted octanol–water partition coefficient (Wildman–Crippen LogP) is 12.4. The van der Waals surface area contributed by atoms with Gasteiger partial charge in [-0.1, -0.05) is 114 Å². The van der Waals surface area contributed by atoms with Gasteiger partial charge < -0.3 is 9.29 Å². The lowest BCUT2D eigenvalue weighted by Crippen LogP contribution is -2.41. The first-order valence-electron chi connectivity index (χ1n) is 20.1. The summed E-state index contributed by atoms with van der Waals surface area (Å²) in [6, 6.07) is 8.44. The number of hydrogen-bond donors (Lipinski definition) is 2. The molecule has 0 saturated heterocycles. The number of carbonyl (C=O) groups is 1. The Morgan fingerprint density at radius 2 is 1.69 bits per heavy atom. The Bertz CT molecular complexity index is 1340. The van der Waals surface area contributed by atoms with Crippen molar-refractivity contribution in [2.75, 3.05) is 19.5 Å². The van der Waals surface area contributed by atoms with Gasteiger partial charge in [0.1, 0.15) is 0 Å². The Balaban J connectivity index is 1.90. The van der Waals surface area contributed by atoms with Gasteiger partial charge in [-0.3, -0.25) is 9.52 Å². The third-order valence-corrected chi connectivity index (χ3v) is 13.8. The van der Waals surface area contributed by atoms with Gasteiger partial charge in [-0.05, 0) is 122 Å². The van der Waals surface area contributed by atoms with Crippen molar-refractivity contribution in [2.24, 2.45) is 35.5 Å². The van der Waals surface area contributed by atoms with E-state index in [1.807, 2.05) is 12.3 Å². The molecule has 1 aromatic rings. The first-order valence-corrected chi connectivity index (χ1v) is 22.1. The van der Waals surface area contributed by atoms with Gasteiger partial charge in [0.05, 0.1) is 13.2 Å². The van der Waals surface area contributed by atoms with Crippen molar-refractivity contribution in [3.63, 3.8) is 0 Å². The molecule has 4 unspecified atom stereocenters. The minimum atomic E-state index is -2.28. The smallest absolute Gasteiger partial charge is 0.156 e. The molecule has 2 aliphatic carbocycles. The van der Waals surface area contributed by atoms with Gasteiger partial charge in [-0.2, -0.15) is 0 Å². The number of ether oxygens (including phenoxy) is 1. The topological polar surface area (TPSA) is 58.6 Å². The zero-order chi connectivity index (χ0) is 37.2. The molecule has 0 spiro atoms. The lowest BCUT2D eigenvalue weighted by molar-refractivity contribution is -0.115. The number of hydrogen-bond acceptors (Lipinski definition) is 4. The van der Waals surface area contributed by atoms with Crippen LogP contribution in [0.25, 0.3) is 0 Å². The zero-order valence-corrected chi connectivity index (χ0v) is 33.7. The minimum Gasteiger partial charge on any atom is -0.377 e. The molecule has 0 bridgehead atoms. The second-order valence-corrected chi connectivity index (χ2v) is 18.1. The first kappa shape index (κ1) is 43.0. The van der Waals surface area contributed by atoms with E-state index in [0.717, 1.165) is 62.7 Å². The largest absolute Gasteiger partial charge is 0.377 e. The van der Waals surface area contributed by atoms with Crippen LogP contribution in [0.4, 0.5) is 0 Å². The summed E-state index contributed by atoms with van der Waals surface area (Å²) < 4.78 is 21.4. The third-order valence-electron chi connectivity index (χ3n) is 11.9. The van der Waals surface area contributed by atoms with Crippen molar-refractivity contribution in [3.8, 4) is 0 Å². The maximum Gasteiger partial charge on any atom is 0.156 e. The maximum absolute atomic E-state index is 13.6. The number of ketones is 1.